The number of rotatable bonds is 6. The van der Waals surface area contributed by atoms with Gasteiger partial charge in [-0.1, -0.05) is 150 Å². The van der Waals surface area contributed by atoms with Crippen molar-refractivity contribution < 1.29 is 0 Å². The quantitative estimate of drug-likeness (QED) is 0.0734. The number of hydrogen-bond donors (Lipinski definition) is 0. The van der Waals surface area contributed by atoms with Gasteiger partial charge in [0.05, 0.1) is 22.2 Å². The second-order valence-corrected chi connectivity index (χ2v) is 28.7. The molecule has 6 aromatic carbocycles. The first-order valence-electron chi connectivity index (χ1n) is 20.2. The van der Waals surface area contributed by atoms with Crippen molar-refractivity contribution in [3.8, 4) is 22.9 Å². The van der Waals surface area contributed by atoms with E-state index in [0.29, 0.717) is 33.2 Å². The molecule has 1 aromatic heterocycles. The number of benzene rings is 6. The normalized spacial score (nSPS) is 12.8. The largest absolute Gasteiger partial charge is 0.243 e. The Labute approximate surface area is 325 Å². The fourth-order valence-corrected chi connectivity index (χ4v) is 20.7. The summed E-state index contributed by atoms with van der Waals surface area (Å²) in [6.45, 7) is 28.7. The van der Waals surface area contributed by atoms with Crippen LogP contribution in [0.15, 0.2) is 84.9 Å². The van der Waals surface area contributed by atoms with Gasteiger partial charge in [0.2, 0.25) is 0 Å². The molecule has 0 unspecified atom stereocenters. The first-order valence-corrected chi connectivity index (χ1v) is 24.6. The average molecular weight is 741 g/mol. The lowest BCUT2D eigenvalue weighted by atomic mass is 9.94. The van der Waals surface area contributed by atoms with E-state index in [1.807, 2.05) is 0 Å². The third kappa shape index (κ3) is 6.03. The number of hydrogen-bond acceptors (Lipinski definition) is 2. The molecule has 0 aliphatic carbocycles. The van der Waals surface area contributed by atoms with E-state index >= 15 is 0 Å². The van der Waals surface area contributed by atoms with Crippen molar-refractivity contribution in [1.82, 2.24) is 9.97 Å². The van der Waals surface area contributed by atoms with E-state index in [4.69, 9.17) is 9.97 Å². The molecular formula is C50H56N2Si2. The predicted octanol–water partition coefficient (Wildman–Crippen LogP) is 14.5. The van der Waals surface area contributed by atoms with Crippen LogP contribution in [0.4, 0.5) is 0 Å². The Morgan fingerprint density at radius 3 is 1.17 bits per heavy atom. The Bertz CT molecular complexity index is 2670. The van der Waals surface area contributed by atoms with Crippen LogP contribution in [0.2, 0.25) is 33.2 Å². The fraction of sp³-hybridized carbons (Fsp3) is 0.360. The highest BCUT2D eigenvalue weighted by atomic mass is 28.3. The van der Waals surface area contributed by atoms with E-state index in [9.17, 15) is 0 Å². The minimum Gasteiger partial charge on any atom is -0.243 e. The maximum atomic E-state index is 5.68. The van der Waals surface area contributed by atoms with Crippen LogP contribution in [0, 0.1) is 22.9 Å². The third-order valence-electron chi connectivity index (χ3n) is 13.0. The lowest BCUT2D eigenvalue weighted by molar-refractivity contribution is 0.838. The third-order valence-corrected chi connectivity index (χ3v) is 25.5. The van der Waals surface area contributed by atoms with Crippen LogP contribution in [0.5, 0.6) is 0 Å². The van der Waals surface area contributed by atoms with Gasteiger partial charge in [-0.05, 0) is 90.5 Å². The van der Waals surface area contributed by atoms with Gasteiger partial charge in [0.15, 0.2) is 0 Å². The second-order valence-electron chi connectivity index (χ2n) is 17.6. The van der Waals surface area contributed by atoms with Crippen molar-refractivity contribution in [1.29, 1.82) is 0 Å². The molecule has 1 heterocycles. The maximum Gasteiger partial charge on any atom is 0.146 e. The van der Waals surface area contributed by atoms with Gasteiger partial charge in [-0.3, -0.25) is 0 Å². The molecule has 0 bridgehead atoms. The molecule has 0 atom stereocenters. The highest BCUT2D eigenvalue weighted by molar-refractivity contribution is 6.91. The Morgan fingerprint density at radius 1 is 0.389 bits per heavy atom. The van der Waals surface area contributed by atoms with Crippen molar-refractivity contribution in [3.63, 3.8) is 0 Å². The molecule has 54 heavy (non-hydrogen) atoms. The smallest absolute Gasteiger partial charge is 0.146 e. The van der Waals surface area contributed by atoms with E-state index in [2.05, 4.69) is 191 Å². The molecule has 0 aliphatic heterocycles. The van der Waals surface area contributed by atoms with Crippen LogP contribution in [0.3, 0.4) is 0 Å². The number of nitrogens with zero attached hydrogens (tertiary/aromatic N) is 2. The molecule has 0 amide bonds. The lowest BCUT2D eigenvalue weighted by Crippen LogP contribution is -2.43. The zero-order valence-corrected chi connectivity index (χ0v) is 36.4. The van der Waals surface area contributed by atoms with Gasteiger partial charge < -0.3 is 0 Å². The van der Waals surface area contributed by atoms with Crippen LogP contribution < -0.4 is 0 Å². The Kier molecular flexibility index (Phi) is 10.0. The van der Waals surface area contributed by atoms with E-state index < -0.39 is 16.1 Å². The standard InChI is InChI=1S/C50H56N2Si2/c1-31(2)53(32(3)4,33(5)6)25-23-42-45-29-39-19-15-16-20-40(39)30-46(45)43(24-26-54(34(7)8,35(9)10)36(11)12)50-49(42)51-47-22-21-41-27-37-17-13-14-18-38(37)28-44(41)48(47)52-50/h13-22,27-36H,1-12H3. The highest BCUT2D eigenvalue weighted by Gasteiger charge is 2.43. The zero-order chi connectivity index (χ0) is 38.7. The van der Waals surface area contributed by atoms with Crippen molar-refractivity contribution in [3.05, 3.63) is 96.1 Å². The summed E-state index contributed by atoms with van der Waals surface area (Å²) in [6, 6.07) is 30.9. The summed E-state index contributed by atoms with van der Waals surface area (Å²) in [5.74, 6) is 7.88. The maximum absolute atomic E-state index is 5.68. The monoisotopic (exact) mass is 740 g/mol. The molecule has 274 valence electrons. The van der Waals surface area contributed by atoms with Crippen LogP contribution >= 0.6 is 0 Å². The van der Waals surface area contributed by atoms with Gasteiger partial charge in [0.25, 0.3) is 0 Å². The van der Waals surface area contributed by atoms with Gasteiger partial charge >= 0.3 is 0 Å². The summed E-state index contributed by atoms with van der Waals surface area (Å²) in [4.78, 5) is 11.3. The molecule has 4 heteroatoms. The van der Waals surface area contributed by atoms with Crippen LogP contribution in [0.1, 0.15) is 94.2 Å². The second kappa shape index (κ2) is 14.3. The van der Waals surface area contributed by atoms with Crippen molar-refractivity contribution in [2.75, 3.05) is 0 Å². The lowest BCUT2D eigenvalue weighted by Gasteiger charge is -2.38. The Hall–Kier alpha value is -4.49. The molecular weight excluding hydrogens is 685 g/mol. The average Bonchev–Trinajstić information content (AvgIpc) is 3.12. The highest BCUT2D eigenvalue weighted by Crippen LogP contribution is 2.43. The summed E-state index contributed by atoms with van der Waals surface area (Å²) in [5.41, 5.74) is 16.8. The molecule has 0 saturated carbocycles. The Morgan fingerprint density at radius 2 is 0.759 bits per heavy atom. The summed E-state index contributed by atoms with van der Waals surface area (Å²) in [6.07, 6.45) is 0. The molecule has 0 spiro atoms. The fourth-order valence-electron chi connectivity index (χ4n) is 10.3. The Balaban J connectivity index is 1.71. The van der Waals surface area contributed by atoms with E-state index in [-0.39, 0.29) is 0 Å². The van der Waals surface area contributed by atoms with Crippen molar-refractivity contribution in [2.45, 2.75) is 116 Å². The molecule has 7 rings (SSSR count). The molecule has 0 N–H and O–H groups in total. The van der Waals surface area contributed by atoms with Gasteiger partial charge in [0, 0.05) is 16.2 Å². The van der Waals surface area contributed by atoms with Crippen LogP contribution in [-0.4, -0.2) is 26.1 Å². The molecule has 2 nitrogen and oxygen atoms in total. The van der Waals surface area contributed by atoms with Gasteiger partial charge in [-0.2, -0.15) is 0 Å². The van der Waals surface area contributed by atoms with E-state index in [0.717, 1.165) is 49.4 Å². The molecule has 0 aliphatic rings. The zero-order valence-electron chi connectivity index (χ0n) is 34.4. The summed E-state index contributed by atoms with van der Waals surface area (Å²) in [7, 11) is -4.17. The van der Waals surface area contributed by atoms with Crippen LogP contribution in [-0.2, 0) is 0 Å². The minimum atomic E-state index is -2.09. The van der Waals surface area contributed by atoms with Gasteiger partial charge in [-0.25, -0.2) is 9.97 Å². The molecule has 7 aromatic rings. The van der Waals surface area contributed by atoms with Crippen molar-refractivity contribution >= 4 is 81.3 Å². The molecule has 0 saturated heterocycles. The number of fused-ring (bicyclic) bond motifs is 7. The van der Waals surface area contributed by atoms with E-state index in [1.54, 1.807) is 0 Å². The van der Waals surface area contributed by atoms with Gasteiger partial charge in [0.1, 0.15) is 27.2 Å². The predicted molar refractivity (Wildman–Crippen MR) is 243 cm³/mol. The molecule has 0 fully saturated rings. The minimum absolute atomic E-state index is 0.513. The summed E-state index contributed by atoms with van der Waals surface area (Å²) < 4.78 is 0. The first kappa shape index (κ1) is 37.8. The van der Waals surface area contributed by atoms with Crippen molar-refractivity contribution in [2.24, 2.45) is 0 Å². The topological polar surface area (TPSA) is 25.8 Å². The SMILES string of the molecule is CC(C)[Si](C#Cc1c2cc3ccccc3cc2c(C#C[Si](C(C)C)(C(C)C)C(C)C)c2nc3c(ccc4cc5ccccc5cc43)nc12)(C(C)C)C(C)C. The summed E-state index contributed by atoms with van der Waals surface area (Å²) in [5, 5.41) is 9.38. The van der Waals surface area contributed by atoms with Crippen LogP contribution in [0.25, 0.3) is 65.2 Å². The van der Waals surface area contributed by atoms with Gasteiger partial charge in [-0.15, -0.1) is 11.1 Å². The number of aromatic nitrogens is 2. The molecule has 0 radical (unpaired) electrons. The first-order chi connectivity index (χ1) is 25.7. The van der Waals surface area contributed by atoms with E-state index in [1.165, 1.54) is 26.9 Å². The summed E-state index contributed by atoms with van der Waals surface area (Å²) >= 11 is 0.